The van der Waals surface area contributed by atoms with Crippen molar-refractivity contribution in [3.05, 3.63) is 63.9 Å². The number of benzene rings is 1. The molecule has 1 N–H and O–H groups in total. The molecule has 0 unspecified atom stereocenters. The highest BCUT2D eigenvalue weighted by Gasteiger charge is 2.04. The van der Waals surface area contributed by atoms with Crippen LogP contribution in [0, 0.1) is 0 Å². The molecule has 1 aromatic carbocycles. The second-order valence-electron chi connectivity index (χ2n) is 3.58. The quantitative estimate of drug-likeness (QED) is 0.698. The van der Waals surface area contributed by atoms with Crippen molar-refractivity contribution < 1.29 is 4.79 Å². The maximum atomic E-state index is 11.6. The second-order valence-corrected chi connectivity index (χ2v) is 4.42. The van der Waals surface area contributed by atoms with Gasteiger partial charge in [0.05, 0.1) is 11.2 Å². The van der Waals surface area contributed by atoms with E-state index in [9.17, 15) is 4.79 Å². The molecule has 96 valence electrons. The maximum Gasteiger partial charge on any atom is 0.289 e. The highest BCUT2D eigenvalue weighted by molar-refractivity contribution is 6.36. The first-order chi connectivity index (χ1) is 9.16. The van der Waals surface area contributed by atoms with Crippen LogP contribution in [-0.2, 0) is 0 Å². The molecule has 0 spiro atoms. The van der Waals surface area contributed by atoms with Gasteiger partial charge in [0.1, 0.15) is 5.69 Å². The second kappa shape index (κ2) is 6.31. The lowest BCUT2D eigenvalue weighted by atomic mass is 10.2. The summed E-state index contributed by atoms with van der Waals surface area (Å²) >= 11 is 11.7. The lowest BCUT2D eigenvalue weighted by Crippen LogP contribution is -2.18. The van der Waals surface area contributed by atoms with E-state index in [1.54, 1.807) is 36.4 Å². The number of pyridine rings is 1. The number of halogens is 2. The summed E-state index contributed by atoms with van der Waals surface area (Å²) in [6, 6.07) is 10.1. The molecule has 2 rings (SSSR count). The summed E-state index contributed by atoms with van der Waals surface area (Å²) in [7, 11) is 0. The number of carbonyl (C=O) groups is 1. The third-order valence-corrected chi connectivity index (χ3v) is 2.79. The number of hydrogen-bond donors (Lipinski definition) is 1. The molecule has 0 saturated carbocycles. The molecular weight excluding hydrogens is 285 g/mol. The smallest absolute Gasteiger partial charge is 0.266 e. The van der Waals surface area contributed by atoms with Crippen molar-refractivity contribution in [1.29, 1.82) is 0 Å². The lowest BCUT2D eigenvalue weighted by Gasteiger charge is -1.99. The number of hydrogen-bond acceptors (Lipinski definition) is 3. The minimum absolute atomic E-state index is 0.293. The highest BCUT2D eigenvalue weighted by atomic mass is 35.5. The topological polar surface area (TPSA) is 54.4 Å². The van der Waals surface area contributed by atoms with Crippen LogP contribution < -0.4 is 5.43 Å². The van der Waals surface area contributed by atoms with E-state index < -0.39 is 0 Å². The molecule has 1 amide bonds. The Morgan fingerprint density at radius 1 is 1.26 bits per heavy atom. The molecule has 19 heavy (non-hydrogen) atoms. The standard InChI is InChI=1S/C13H9Cl2N3O/c14-10-5-4-9(11(15)7-10)8-17-18-13(19)12-3-1-2-6-16-12/h1-8H,(H,18,19)/b17-8-. The lowest BCUT2D eigenvalue weighted by molar-refractivity contribution is 0.0950. The van der Waals surface area contributed by atoms with Crippen molar-refractivity contribution in [2.24, 2.45) is 5.10 Å². The van der Waals surface area contributed by atoms with Crippen molar-refractivity contribution >= 4 is 35.3 Å². The Bertz CT molecular complexity index is 615. The van der Waals surface area contributed by atoms with E-state index in [4.69, 9.17) is 23.2 Å². The molecule has 0 aliphatic heterocycles. The van der Waals surface area contributed by atoms with Crippen LogP contribution in [0.15, 0.2) is 47.7 Å². The van der Waals surface area contributed by atoms with Crippen LogP contribution in [0.5, 0.6) is 0 Å². The average molecular weight is 294 g/mol. The van der Waals surface area contributed by atoms with E-state index in [-0.39, 0.29) is 5.91 Å². The van der Waals surface area contributed by atoms with Crippen LogP contribution in [0.2, 0.25) is 10.0 Å². The molecule has 0 saturated heterocycles. The SMILES string of the molecule is O=C(N/N=C\c1ccc(Cl)cc1Cl)c1ccccn1. The average Bonchev–Trinajstić information content (AvgIpc) is 2.42. The van der Waals surface area contributed by atoms with Gasteiger partial charge in [0.2, 0.25) is 0 Å². The number of nitrogens with zero attached hydrogens (tertiary/aromatic N) is 2. The van der Waals surface area contributed by atoms with Crippen LogP contribution in [-0.4, -0.2) is 17.1 Å². The summed E-state index contributed by atoms with van der Waals surface area (Å²) < 4.78 is 0. The first kappa shape index (κ1) is 13.5. The Labute approximate surface area is 120 Å². The number of amides is 1. The molecule has 2 aromatic rings. The minimum Gasteiger partial charge on any atom is -0.266 e. The molecule has 1 aromatic heterocycles. The van der Waals surface area contributed by atoms with Crippen molar-refractivity contribution in [1.82, 2.24) is 10.4 Å². The molecule has 1 heterocycles. The minimum atomic E-state index is -0.387. The van der Waals surface area contributed by atoms with Gasteiger partial charge < -0.3 is 0 Å². The first-order valence-electron chi connectivity index (χ1n) is 5.36. The molecule has 0 fully saturated rings. The van der Waals surface area contributed by atoms with Crippen LogP contribution >= 0.6 is 23.2 Å². The van der Waals surface area contributed by atoms with E-state index in [1.165, 1.54) is 12.4 Å². The predicted molar refractivity (Wildman–Crippen MR) is 75.8 cm³/mol. The van der Waals surface area contributed by atoms with Gasteiger partial charge in [0.25, 0.3) is 5.91 Å². The normalized spacial score (nSPS) is 10.6. The number of carbonyl (C=O) groups excluding carboxylic acids is 1. The van der Waals surface area contributed by atoms with Crippen molar-refractivity contribution in [2.45, 2.75) is 0 Å². The van der Waals surface area contributed by atoms with Gasteiger partial charge in [0, 0.05) is 16.8 Å². The van der Waals surface area contributed by atoms with E-state index >= 15 is 0 Å². The third kappa shape index (κ3) is 3.77. The maximum absolute atomic E-state index is 11.6. The predicted octanol–water partition coefficient (Wildman–Crippen LogP) is 3.15. The van der Waals surface area contributed by atoms with E-state index in [1.807, 2.05) is 0 Å². The number of nitrogens with one attached hydrogen (secondary N) is 1. The molecule has 4 nitrogen and oxygen atoms in total. The van der Waals surface area contributed by atoms with Crippen LogP contribution in [0.1, 0.15) is 16.1 Å². The fraction of sp³-hybridized carbons (Fsp3) is 0. The number of rotatable bonds is 3. The summed E-state index contributed by atoms with van der Waals surface area (Å²) in [5.41, 5.74) is 3.32. The fourth-order valence-corrected chi connectivity index (χ4v) is 1.78. The van der Waals surface area contributed by atoms with Gasteiger partial charge in [-0.15, -0.1) is 0 Å². The summed E-state index contributed by atoms with van der Waals surface area (Å²) in [5, 5.41) is 4.82. The summed E-state index contributed by atoms with van der Waals surface area (Å²) in [5.74, 6) is -0.387. The Morgan fingerprint density at radius 3 is 2.79 bits per heavy atom. The number of aromatic nitrogens is 1. The summed E-state index contributed by atoms with van der Waals surface area (Å²) in [4.78, 5) is 15.5. The van der Waals surface area contributed by atoms with Gasteiger partial charge >= 0.3 is 0 Å². The zero-order valence-corrected chi connectivity index (χ0v) is 11.2. The Balaban J connectivity index is 2.02. The molecule has 0 bridgehead atoms. The van der Waals surface area contributed by atoms with Crippen LogP contribution in [0.25, 0.3) is 0 Å². The van der Waals surface area contributed by atoms with E-state index in [2.05, 4.69) is 15.5 Å². The number of hydrazone groups is 1. The van der Waals surface area contributed by atoms with Gasteiger partial charge in [-0.1, -0.05) is 35.3 Å². The molecule has 0 aliphatic rings. The van der Waals surface area contributed by atoms with Crippen molar-refractivity contribution in [3.63, 3.8) is 0 Å². The van der Waals surface area contributed by atoms with Crippen LogP contribution in [0.4, 0.5) is 0 Å². The third-order valence-electron chi connectivity index (χ3n) is 2.23. The van der Waals surface area contributed by atoms with E-state index in [0.717, 1.165) is 0 Å². The zero-order valence-electron chi connectivity index (χ0n) is 9.68. The molecule has 0 aliphatic carbocycles. The van der Waals surface area contributed by atoms with Crippen molar-refractivity contribution in [2.75, 3.05) is 0 Å². The van der Waals surface area contributed by atoms with Gasteiger partial charge in [-0.05, 0) is 24.3 Å². The summed E-state index contributed by atoms with van der Waals surface area (Å²) in [6.07, 6.45) is 2.98. The molecule has 6 heteroatoms. The highest BCUT2D eigenvalue weighted by Crippen LogP contribution is 2.19. The largest absolute Gasteiger partial charge is 0.289 e. The Kier molecular flexibility index (Phi) is 4.49. The van der Waals surface area contributed by atoms with E-state index in [0.29, 0.717) is 21.3 Å². The summed E-state index contributed by atoms with van der Waals surface area (Å²) in [6.45, 7) is 0. The van der Waals surface area contributed by atoms with Gasteiger partial charge in [0.15, 0.2) is 0 Å². The van der Waals surface area contributed by atoms with Crippen LogP contribution in [0.3, 0.4) is 0 Å². The monoisotopic (exact) mass is 293 g/mol. The van der Waals surface area contributed by atoms with Gasteiger partial charge in [-0.3, -0.25) is 9.78 Å². The molecule has 0 atom stereocenters. The van der Waals surface area contributed by atoms with Gasteiger partial charge in [-0.2, -0.15) is 5.10 Å². The van der Waals surface area contributed by atoms with Crippen molar-refractivity contribution in [3.8, 4) is 0 Å². The first-order valence-corrected chi connectivity index (χ1v) is 6.12. The fourth-order valence-electron chi connectivity index (χ4n) is 1.32. The Morgan fingerprint density at radius 2 is 2.11 bits per heavy atom. The van der Waals surface area contributed by atoms with Gasteiger partial charge in [-0.25, -0.2) is 5.43 Å². The molecule has 0 radical (unpaired) electrons. The molecular formula is C13H9Cl2N3O. The zero-order chi connectivity index (χ0) is 13.7. The Hall–Kier alpha value is -1.91.